The number of phenolic OH excluding ortho intramolecular Hbond substituents is 1. The van der Waals surface area contributed by atoms with Gasteiger partial charge >= 0.3 is 6.03 Å². The molecule has 6 nitrogen and oxygen atoms in total. The summed E-state index contributed by atoms with van der Waals surface area (Å²) in [4.78, 5) is 25.0. The zero-order chi connectivity index (χ0) is 13.4. The topological polar surface area (TPSA) is 82.2 Å². The Bertz CT molecular complexity index is 510. The van der Waals surface area contributed by atoms with E-state index in [1.54, 1.807) is 24.3 Å². The Morgan fingerprint density at radius 3 is 2.63 bits per heavy atom. The van der Waals surface area contributed by atoms with Gasteiger partial charge < -0.3 is 14.7 Å². The van der Waals surface area contributed by atoms with E-state index in [4.69, 9.17) is 4.74 Å². The number of carbonyl (C=O) groups excluding carboxylic acids is 2. The SMILES string of the molecule is O=C1NC(=O)N(CC2CO2)C1Cc1ccc(O)cc1. The summed E-state index contributed by atoms with van der Waals surface area (Å²) in [5.41, 5.74) is 0.898. The molecule has 3 rings (SSSR count). The number of rotatable bonds is 4. The highest BCUT2D eigenvalue weighted by Gasteiger charge is 2.41. The lowest BCUT2D eigenvalue weighted by Gasteiger charge is -2.20. The fourth-order valence-electron chi connectivity index (χ4n) is 2.20. The summed E-state index contributed by atoms with van der Waals surface area (Å²) in [6.45, 7) is 1.09. The van der Waals surface area contributed by atoms with Crippen LogP contribution < -0.4 is 5.32 Å². The quantitative estimate of drug-likeness (QED) is 0.602. The number of carbonyl (C=O) groups is 2. The molecule has 2 saturated heterocycles. The number of benzene rings is 1. The molecule has 1 aromatic carbocycles. The summed E-state index contributed by atoms with van der Waals surface area (Å²) in [5, 5.41) is 11.6. The number of phenols is 1. The number of ether oxygens (including phenoxy) is 1. The molecule has 3 amide bonds. The molecule has 0 aliphatic carbocycles. The van der Waals surface area contributed by atoms with Crippen LogP contribution in [0, 0.1) is 0 Å². The third-order valence-electron chi connectivity index (χ3n) is 3.34. The molecule has 2 aliphatic heterocycles. The van der Waals surface area contributed by atoms with Crippen molar-refractivity contribution in [1.82, 2.24) is 10.2 Å². The summed E-state index contributed by atoms with van der Waals surface area (Å²) in [7, 11) is 0. The van der Waals surface area contributed by atoms with Crippen molar-refractivity contribution in [2.75, 3.05) is 13.2 Å². The van der Waals surface area contributed by atoms with Crippen LogP contribution in [0.1, 0.15) is 5.56 Å². The second-order valence-electron chi connectivity index (χ2n) is 4.79. The molecule has 2 aliphatic rings. The first-order valence-corrected chi connectivity index (χ1v) is 6.14. The lowest BCUT2D eigenvalue weighted by atomic mass is 10.0. The van der Waals surface area contributed by atoms with Crippen molar-refractivity contribution in [1.29, 1.82) is 0 Å². The largest absolute Gasteiger partial charge is 0.508 e. The fraction of sp³-hybridized carbons (Fsp3) is 0.385. The van der Waals surface area contributed by atoms with Gasteiger partial charge in [-0.25, -0.2) is 4.79 Å². The molecule has 2 fully saturated rings. The van der Waals surface area contributed by atoms with E-state index in [0.29, 0.717) is 19.6 Å². The van der Waals surface area contributed by atoms with Gasteiger partial charge in [-0.15, -0.1) is 0 Å². The third kappa shape index (κ3) is 2.53. The highest BCUT2D eigenvalue weighted by Crippen LogP contribution is 2.20. The van der Waals surface area contributed by atoms with Crippen LogP contribution in [0.2, 0.25) is 0 Å². The third-order valence-corrected chi connectivity index (χ3v) is 3.34. The Morgan fingerprint density at radius 2 is 2.00 bits per heavy atom. The molecule has 0 aromatic heterocycles. The molecule has 100 valence electrons. The van der Waals surface area contributed by atoms with Crippen LogP contribution in [0.25, 0.3) is 0 Å². The molecule has 0 radical (unpaired) electrons. The second-order valence-corrected chi connectivity index (χ2v) is 4.79. The molecule has 2 heterocycles. The van der Waals surface area contributed by atoms with E-state index in [1.165, 1.54) is 4.90 Å². The van der Waals surface area contributed by atoms with Crippen molar-refractivity contribution in [2.24, 2.45) is 0 Å². The predicted octanol–water partition coefficient (Wildman–Crippen LogP) is 0.254. The van der Waals surface area contributed by atoms with E-state index in [9.17, 15) is 14.7 Å². The first-order chi connectivity index (χ1) is 9.13. The van der Waals surface area contributed by atoms with Gasteiger partial charge in [0, 0.05) is 6.42 Å². The summed E-state index contributed by atoms with van der Waals surface area (Å²) >= 11 is 0. The molecule has 0 spiro atoms. The van der Waals surface area contributed by atoms with Crippen LogP contribution in [0.15, 0.2) is 24.3 Å². The second kappa shape index (κ2) is 4.55. The number of urea groups is 1. The average molecular weight is 262 g/mol. The van der Waals surface area contributed by atoms with Crippen molar-refractivity contribution in [2.45, 2.75) is 18.6 Å². The molecular weight excluding hydrogens is 248 g/mol. The predicted molar refractivity (Wildman–Crippen MR) is 65.6 cm³/mol. The van der Waals surface area contributed by atoms with Gasteiger partial charge in [0.25, 0.3) is 5.91 Å². The summed E-state index contributed by atoms with van der Waals surface area (Å²) in [6, 6.07) is 5.77. The van der Waals surface area contributed by atoms with Crippen LogP contribution in [-0.4, -0.2) is 47.2 Å². The van der Waals surface area contributed by atoms with E-state index < -0.39 is 6.04 Å². The highest BCUT2D eigenvalue weighted by molar-refractivity contribution is 6.04. The minimum atomic E-state index is -0.499. The Hall–Kier alpha value is -2.08. The molecular formula is C13H14N2O4. The van der Waals surface area contributed by atoms with Crippen molar-refractivity contribution in [3.63, 3.8) is 0 Å². The molecule has 0 bridgehead atoms. The van der Waals surface area contributed by atoms with Gasteiger partial charge in [0.05, 0.1) is 19.3 Å². The number of aromatic hydroxyl groups is 1. The lowest BCUT2D eigenvalue weighted by Crippen LogP contribution is -2.39. The van der Waals surface area contributed by atoms with Crippen LogP contribution in [0.5, 0.6) is 5.75 Å². The number of hydrogen-bond acceptors (Lipinski definition) is 4. The Balaban J connectivity index is 1.74. The number of nitrogens with zero attached hydrogens (tertiary/aromatic N) is 1. The van der Waals surface area contributed by atoms with Crippen LogP contribution >= 0.6 is 0 Å². The van der Waals surface area contributed by atoms with Gasteiger partial charge in [-0.05, 0) is 17.7 Å². The Kier molecular flexibility index (Phi) is 2.87. The van der Waals surface area contributed by atoms with Gasteiger partial charge in [-0.2, -0.15) is 0 Å². The lowest BCUT2D eigenvalue weighted by molar-refractivity contribution is -0.121. The van der Waals surface area contributed by atoms with Gasteiger partial charge in [-0.1, -0.05) is 12.1 Å². The molecule has 1 aromatic rings. The van der Waals surface area contributed by atoms with Gasteiger partial charge in [-0.3, -0.25) is 10.1 Å². The number of epoxide rings is 1. The average Bonchev–Trinajstić information content (AvgIpc) is 3.15. The van der Waals surface area contributed by atoms with Crippen LogP contribution in [-0.2, 0) is 16.0 Å². The maximum absolute atomic E-state index is 11.8. The standard InChI is InChI=1S/C13H14N2O4/c16-9-3-1-8(2-4-9)5-11-12(17)14-13(18)15(11)6-10-7-19-10/h1-4,10-11,16H,5-7H2,(H,14,17,18). The van der Waals surface area contributed by atoms with Crippen molar-refractivity contribution >= 4 is 11.9 Å². The maximum atomic E-state index is 11.8. The minimum absolute atomic E-state index is 0.0546. The van der Waals surface area contributed by atoms with E-state index in [2.05, 4.69) is 5.32 Å². The Morgan fingerprint density at radius 1 is 1.32 bits per heavy atom. The van der Waals surface area contributed by atoms with Crippen molar-refractivity contribution < 1.29 is 19.4 Å². The summed E-state index contributed by atoms with van der Waals surface area (Å²) < 4.78 is 5.10. The van der Waals surface area contributed by atoms with E-state index >= 15 is 0 Å². The number of hydrogen-bond donors (Lipinski definition) is 2. The normalized spacial score (nSPS) is 25.6. The first-order valence-electron chi connectivity index (χ1n) is 6.14. The van der Waals surface area contributed by atoms with Crippen LogP contribution in [0.4, 0.5) is 4.79 Å². The monoisotopic (exact) mass is 262 g/mol. The maximum Gasteiger partial charge on any atom is 0.324 e. The molecule has 6 heteroatoms. The van der Waals surface area contributed by atoms with E-state index in [0.717, 1.165) is 5.56 Å². The fourth-order valence-corrected chi connectivity index (χ4v) is 2.20. The number of nitrogens with one attached hydrogen (secondary N) is 1. The molecule has 2 unspecified atom stereocenters. The minimum Gasteiger partial charge on any atom is -0.508 e. The zero-order valence-electron chi connectivity index (χ0n) is 10.2. The highest BCUT2D eigenvalue weighted by atomic mass is 16.6. The molecule has 2 N–H and O–H groups in total. The number of imide groups is 1. The molecule has 0 saturated carbocycles. The Labute approximate surface area is 110 Å². The summed E-state index contributed by atoms with van der Waals surface area (Å²) in [6.07, 6.45) is 0.490. The molecule has 2 atom stereocenters. The van der Waals surface area contributed by atoms with Crippen LogP contribution in [0.3, 0.4) is 0 Å². The van der Waals surface area contributed by atoms with Gasteiger partial charge in [0.1, 0.15) is 11.8 Å². The molecule has 19 heavy (non-hydrogen) atoms. The number of amides is 3. The summed E-state index contributed by atoms with van der Waals surface area (Å²) in [5.74, 6) is -0.0994. The van der Waals surface area contributed by atoms with Gasteiger partial charge in [0.2, 0.25) is 0 Å². The first kappa shape index (κ1) is 12.0. The van der Waals surface area contributed by atoms with E-state index in [1.807, 2.05) is 0 Å². The van der Waals surface area contributed by atoms with Crippen molar-refractivity contribution in [3.8, 4) is 5.75 Å². The van der Waals surface area contributed by atoms with E-state index in [-0.39, 0.29) is 23.8 Å². The van der Waals surface area contributed by atoms with Gasteiger partial charge in [0.15, 0.2) is 0 Å². The smallest absolute Gasteiger partial charge is 0.324 e. The van der Waals surface area contributed by atoms with Crippen molar-refractivity contribution in [3.05, 3.63) is 29.8 Å². The zero-order valence-corrected chi connectivity index (χ0v) is 10.2.